The fraction of sp³-hybridized carbons (Fsp3) is 0.545. The third kappa shape index (κ3) is 2.24. The zero-order valence-electron chi connectivity index (χ0n) is 8.86. The molecule has 0 aromatic carbocycles. The Hall–Kier alpha value is -0.800. The lowest BCUT2D eigenvalue weighted by Crippen LogP contribution is -2.40. The molecule has 1 atom stereocenters. The van der Waals surface area contributed by atoms with Crippen molar-refractivity contribution >= 4 is 17.4 Å². The van der Waals surface area contributed by atoms with Crippen molar-refractivity contribution in [3.63, 3.8) is 0 Å². The smallest absolute Gasteiger partial charge is 0.147 e. The van der Waals surface area contributed by atoms with Gasteiger partial charge in [-0.2, -0.15) is 0 Å². The summed E-state index contributed by atoms with van der Waals surface area (Å²) in [6.07, 6.45) is 4.31. The van der Waals surface area contributed by atoms with E-state index in [-0.39, 0.29) is 0 Å². The number of pyridine rings is 1. The van der Waals surface area contributed by atoms with Crippen LogP contribution in [-0.2, 0) is 0 Å². The van der Waals surface area contributed by atoms with Crippen molar-refractivity contribution in [2.45, 2.75) is 18.9 Å². The van der Waals surface area contributed by atoms with Crippen LogP contribution in [0.5, 0.6) is 0 Å². The van der Waals surface area contributed by atoms with Crippen LogP contribution in [0.15, 0.2) is 18.3 Å². The van der Waals surface area contributed by atoms with E-state index in [0.717, 1.165) is 11.7 Å². The van der Waals surface area contributed by atoms with E-state index in [1.54, 1.807) is 6.20 Å². The molecule has 2 rings (SSSR count). The lowest BCUT2D eigenvalue weighted by atomic mass is 10.1. The van der Waals surface area contributed by atoms with Gasteiger partial charge in [0.15, 0.2) is 0 Å². The molecule has 15 heavy (non-hydrogen) atoms. The molecule has 1 unspecified atom stereocenters. The second kappa shape index (κ2) is 4.37. The summed E-state index contributed by atoms with van der Waals surface area (Å²) >= 11 is 6.10. The van der Waals surface area contributed by atoms with E-state index < -0.39 is 0 Å². The summed E-state index contributed by atoms with van der Waals surface area (Å²) in [5.41, 5.74) is 5.79. The van der Waals surface area contributed by atoms with Crippen molar-refractivity contribution in [2.24, 2.45) is 11.7 Å². The van der Waals surface area contributed by atoms with Gasteiger partial charge in [-0.15, -0.1) is 0 Å². The SMILES string of the molecule is CN(c1ncccc1Cl)C(CN)C1CC1. The van der Waals surface area contributed by atoms with Gasteiger partial charge < -0.3 is 10.6 Å². The molecular weight excluding hydrogens is 210 g/mol. The number of anilines is 1. The number of hydrogen-bond donors (Lipinski definition) is 1. The lowest BCUT2D eigenvalue weighted by molar-refractivity contribution is 0.566. The summed E-state index contributed by atoms with van der Waals surface area (Å²) < 4.78 is 0. The summed E-state index contributed by atoms with van der Waals surface area (Å²) in [4.78, 5) is 6.41. The van der Waals surface area contributed by atoms with Crippen LogP contribution in [-0.4, -0.2) is 24.6 Å². The highest BCUT2D eigenvalue weighted by Crippen LogP contribution is 2.36. The number of likely N-dealkylation sites (N-methyl/N-ethyl adjacent to an activating group) is 1. The Balaban J connectivity index is 2.18. The molecule has 0 amide bonds. The van der Waals surface area contributed by atoms with Gasteiger partial charge in [-0.05, 0) is 30.9 Å². The quantitative estimate of drug-likeness (QED) is 0.851. The van der Waals surface area contributed by atoms with Crippen molar-refractivity contribution in [3.8, 4) is 0 Å². The molecule has 4 heteroatoms. The molecule has 1 fully saturated rings. The molecule has 3 nitrogen and oxygen atoms in total. The van der Waals surface area contributed by atoms with Gasteiger partial charge in [-0.1, -0.05) is 11.6 Å². The summed E-state index contributed by atoms with van der Waals surface area (Å²) in [6.45, 7) is 0.661. The van der Waals surface area contributed by atoms with Gasteiger partial charge in [0.2, 0.25) is 0 Å². The van der Waals surface area contributed by atoms with E-state index in [1.165, 1.54) is 12.8 Å². The third-order valence-electron chi connectivity index (χ3n) is 2.98. The van der Waals surface area contributed by atoms with Crippen molar-refractivity contribution in [3.05, 3.63) is 23.4 Å². The fourth-order valence-electron chi connectivity index (χ4n) is 1.94. The number of rotatable bonds is 4. The van der Waals surface area contributed by atoms with Crippen LogP contribution in [0, 0.1) is 5.92 Å². The van der Waals surface area contributed by atoms with Crippen molar-refractivity contribution in [1.29, 1.82) is 0 Å². The van der Waals surface area contributed by atoms with Crippen LogP contribution < -0.4 is 10.6 Å². The zero-order valence-corrected chi connectivity index (χ0v) is 9.61. The van der Waals surface area contributed by atoms with Gasteiger partial charge in [0.25, 0.3) is 0 Å². The topological polar surface area (TPSA) is 42.2 Å². The Bertz CT molecular complexity index is 338. The average Bonchev–Trinajstić information content (AvgIpc) is 3.03. The van der Waals surface area contributed by atoms with Crippen LogP contribution in [0.1, 0.15) is 12.8 Å². The van der Waals surface area contributed by atoms with Crippen molar-refractivity contribution in [1.82, 2.24) is 4.98 Å². The second-order valence-corrected chi connectivity index (χ2v) is 4.47. The summed E-state index contributed by atoms with van der Waals surface area (Å²) in [6, 6.07) is 4.08. The van der Waals surface area contributed by atoms with Crippen LogP contribution in [0.4, 0.5) is 5.82 Å². The maximum atomic E-state index is 6.10. The molecule has 0 bridgehead atoms. The molecule has 1 aliphatic rings. The molecule has 2 N–H and O–H groups in total. The van der Waals surface area contributed by atoms with Gasteiger partial charge in [0.05, 0.1) is 5.02 Å². The van der Waals surface area contributed by atoms with Crippen molar-refractivity contribution < 1.29 is 0 Å². The highest BCUT2D eigenvalue weighted by Gasteiger charge is 2.33. The van der Waals surface area contributed by atoms with E-state index in [0.29, 0.717) is 17.6 Å². The number of hydrogen-bond acceptors (Lipinski definition) is 3. The van der Waals surface area contributed by atoms with Gasteiger partial charge in [0.1, 0.15) is 5.82 Å². The van der Waals surface area contributed by atoms with E-state index in [4.69, 9.17) is 17.3 Å². The predicted octanol–water partition coefficient (Wildman–Crippen LogP) is 1.91. The minimum absolute atomic E-state index is 0.373. The molecule has 0 spiro atoms. The Morgan fingerprint density at radius 3 is 2.93 bits per heavy atom. The molecule has 0 radical (unpaired) electrons. The highest BCUT2D eigenvalue weighted by molar-refractivity contribution is 6.32. The molecule has 1 aromatic heterocycles. The lowest BCUT2D eigenvalue weighted by Gasteiger charge is -2.28. The Labute approximate surface area is 95.2 Å². The first kappa shape index (κ1) is 10.7. The first-order valence-corrected chi connectivity index (χ1v) is 5.65. The van der Waals surface area contributed by atoms with E-state index in [2.05, 4.69) is 9.88 Å². The molecule has 0 aliphatic heterocycles. The summed E-state index contributed by atoms with van der Waals surface area (Å²) in [5.74, 6) is 1.56. The van der Waals surface area contributed by atoms with Crippen LogP contribution in [0.2, 0.25) is 5.02 Å². The van der Waals surface area contributed by atoms with E-state index in [9.17, 15) is 0 Å². The number of nitrogens with two attached hydrogens (primary N) is 1. The number of nitrogens with zero attached hydrogens (tertiary/aromatic N) is 2. The molecule has 1 heterocycles. The van der Waals surface area contributed by atoms with Gasteiger partial charge in [-0.3, -0.25) is 0 Å². The molecule has 1 aromatic rings. The Morgan fingerprint density at radius 2 is 2.40 bits per heavy atom. The summed E-state index contributed by atoms with van der Waals surface area (Å²) in [5, 5.41) is 0.694. The molecule has 1 aliphatic carbocycles. The molecule has 0 saturated heterocycles. The van der Waals surface area contributed by atoms with Crippen molar-refractivity contribution in [2.75, 3.05) is 18.5 Å². The first-order valence-electron chi connectivity index (χ1n) is 5.27. The zero-order chi connectivity index (χ0) is 10.8. The monoisotopic (exact) mass is 225 g/mol. The summed E-state index contributed by atoms with van der Waals surface area (Å²) in [7, 11) is 2.02. The van der Waals surface area contributed by atoms with Crippen LogP contribution in [0.25, 0.3) is 0 Å². The Kier molecular flexibility index (Phi) is 3.12. The number of halogens is 1. The molecule has 1 saturated carbocycles. The van der Waals surface area contributed by atoms with Crippen LogP contribution >= 0.6 is 11.6 Å². The first-order chi connectivity index (χ1) is 7.24. The Morgan fingerprint density at radius 1 is 1.67 bits per heavy atom. The maximum Gasteiger partial charge on any atom is 0.147 e. The number of aromatic nitrogens is 1. The van der Waals surface area contributed by atoms with Gasteiger partial charge in [0, 0.05) is 25.8 Å². The minimum atomic E-state index is 0.373. The van der Waals surface area contributed by atoms with Gasteiger partial charge in [-0.25, -0.2) is 4.98 Å². The maximum absolute atomic E-state index is 6.10. The van der Waals surface area contributed by atoms with E-state index in [1.807, 2.05) is 19.2 Å². The average molecular weight is 226 g/mol. The molecule has 82 valence electrons. The van der Waals surface area contributed by atoms with Gasteiger partial charge >= 0.3 is 0 Å². The molecular formula is C11H16ClN3. The standard InChI is InChI=1S/C11H16ClN3/c1-15(10(7-13)8-4-5-8)11-9(12)3-2-6-14-11/h2-3,6,8,10H,4-5,7,13H2,1H3. The normalized spacial score (nSPS) is 17.5. The van der Waals surface area contributed by atoms with Crippen LogP contribution in [0.3, 0.4) is 0 Å². The fourth-order valence-corrected chi connectivity index (χ4v) is 2.20. The van der Waals surface area contributed by atoms with E-state index >= 15 is 0 Å². The predicted molar refractivity (Wildman–Crippen MR) is 63.2 cm³/mol. The second-order valence-electron chi connectivity index (χ2n) is 4.06. The minimum Gasteiger partial charge on any atom is -0.354 e. The third-order valence-corrected chi connectivity index (χ3v) is 3.27. The largest absolute Gasteiger partial charge is 0.354 e. The highest BCUT2D eigenvalue weighted by atomic mass is 35.5.